The summed E-state index contributed by atoms with van der Waals surface area (Å²) < 4.78 is 41.3. The summed E-state index contributed by atoms with van der Waals surface area (Å²) in [5, 5.41) is 0. The van der Waals surface area contributed by atoms with E-state index in [4.69, 9.17) is 15.4 Å². The lowest BCUT2D eigenvalue weighted by molar-refractivity contribution is 0.308. The Bertz CT molecular complexity index is 545. The first-order valence-corrected chi connectivity index (χ1v) is 8.14. The zero-order chi connectivity index (χ0) is 13.8. The maximum Gasteiger partial charge on any atom is 0.264 e. The van der Waals surface area contributed by atoms with E-state index in [9.17, 15) is 12.8 Å². The van der Waals surface area contributed by atoms with Gasteiger partial charge in [-0.1, -0.05) is 6.08 Å². The fourth-order valence-electron chi connectivity index (χ4n) is 1.22. The normalized spacial score (nSPS) is 11.3. The van der Waals surface area contributed by atoms with Crippen LogP contribution in [0.3, 0.4) is 0 Å². The van der Waals surface area contributed by atoms with Gasteiger partial charge in [-0.05, 0) is 34.8 Å². The highest BCUT2D eigenvalue weighted by Gasteiger charge is 2.19. The van der Waals surface area contributed by atoms with E-state index in [1.54, 1.807) is 6.08 Å². The first-order chi connectivity index (χ1) is 8.36. The average molecular weight is 358 g/mol. The van der Waals surface area contributed by atoms with Crippen molar-refractivity contribution in [3.05, 3.63) is 35.1 Å². The largest absolute Gasteiger partial charge is 0.492 e. The van der Waals surface area contributed by atoms with E-state index >= 15 is 0 Å². The van der Waals surface area contributed by atoms with Crippen molar-refractivity contribution in [2.75, 3.05) is 6.61 Å². The summed E-state index contributed by atoms with van der Waals surface area (Å²) in [6.45, 7) is 3.96. The van der Waals surface area contributed by atoms with E-state index < -0.39 is 19.8 Å². The summed E-state index contributed by atoms with van der Waals surface area (Å²) in [5.74, 6) is -0.701. The van der Waals surface area contributed by atoms with Gasteiger partial charge in [0.15, 0.2) is 0 Å². The number of unbranched alkanes of at least 4 members (excludes halogenated alkanes) is 1. The van der Waals surface area contributed by atoms with Crippen molar-refractivity contribution in [3.8, 4) is 5.75 Å². The maximum absolute atomic E-state index is 13.5. The molecule has 0 atom stereocenters. The molecule has 0 aliphatic carbocycles. The second kappa shape index (κ2) is 6.54. The van der Waals surface area contributed by atoms with Crippen LogP contribution in [-0.2, 0) is 9.05 Å². The Balaban J connectivity index is 2.90. The molecule has 0 aliphatic rings. The Morgan fingerprint density at radius 2 is 2.17 bits per heavy atom. The third-order valence-electron chi connectivity index (χ3n) is 2.06. The van der Waals surface area contributed by atoms with Gasteiger partial charge in [0.05, 0.1) is 11.1 Å². The van der Waals surface area contributed by atoms with Crippen molar-refractivity contribution in [1.29, 1.82) is 0 Å². The maximum atomic E-state index is 13.5. The van der Waals surface area contributed by atoms with Crippen molar-refractivity contribution in [1.82, 2.24) is 0 Å². The Kier molecular flexibility index (Phi) is 5.62. The summed E-state index contributed by atoms with van der Waals surface area (Å²) in [5.41, 5.74) is 0. The molecular weight excluding hydrogens is 347 g/mol. The summed E-state index contributed by atoms with van der Waals surface area (Å²) in [6, 6.07) is 2.08. The van der Waals surface area contributed by atoms with E-state index in [0.717, 1.165) is 25.0 Å². The molecular formula is C11H11BrClFO3S. The van der Waals surface area contributed by atoms with Gasteiger partial charge in [-0.15, -0.1) is 6.58 Å². The lowest BCUT2D eigenvalue weighted by atomic mass is 10.3. The van der Waals surface area contributed by atoms with E-state index in [1.807, 2.05) is 0 Å². The molecule has 0 saturated carbocycles. The molecule has 100 valence electrons. The molecule has 0 unspecified atom stereocenters. The van der Waals surface area contributed by atoms with Crippen LogP contribution in [0, 0.1) is 5.82 Å². The Morgan fingerprint density at radius 1 is 1.50 bits per heavy atom. The third-order valence-corrected chi connectivity index (χ3v) is 4.02. The molecule has 3 nitrogen and oxygen atoms in total. The quantitative estimate of drug-likeness (QED) is 0.441. The minimum atomic E-state index is -4.10. The van der Waals surface area contributed by atoms with Gasteiger partial charge in [-0.3, -0.25) is 0 Å². The Morgan fingerprint density at radius 3 is 2.72 bits per heavy atom. The highest BCUT2D eigenvalue weighted by molar-refractivity contribution is 9.10. The Labute approximate surface area is 118 Å². The number of ether oxygens (including phenoxy) is 1. The Hall–Kier alpha value is -0.590. The molecule has 0 N–H and O–H groups in total. The number of halogens is 3. The van der Waals surface area contributed by atoms with Crippen LogP contribution < -0.4 is 4.74 Å². The van der Waals surface area contributed by atoms with Gasteiger partial charge in [-0.2, -0.15) is 0 Å². The predicted molar refractivity (Wildman–Crippen MR) is 72.1 cm³/mol. The number of hydrogen-bond acceptors (Lipinski definition) is 3. The summed E-state index contributed by atoms with van der Waals surface area (Å²) in [6.07, 6.45) is 3.28. The van der Waals surface area contributed by atoms with Crippen LogP contribution in [0.25, 0.3) is 0 Å². The standard InChI is InChI=1S/C11H11BrClFO3S/c1-2-3-4-5-17-10-7-9(14)11(6-8(10)12)18(13,15)16/h2,6-7H,1,3-5H2. The summed E-state index contributed by atoms with van der Waals surface area (Å²) in [4.78, 5) is -0.575. The second-order valence-corrected chi connectivity index (χ2v) is 6.82. The SMILES string of the molecule is C=CCCCOc1cc(F)c(S(=O)(=O)Cl)cc1Br. The van der Waals surface area contributed by atoms with Crippen LogP contribution in [0.15, 0.2) is 34.2 Å². The van der Waals surface area contributed by atoms with Crippen molar-refractivity contribution >= 4 is 35.7 Å². The average Bonchev–Trinajstić information content (AvgIpc) is 2.27. The van der Waals surface area contributed by atoms with Crippen LogP contribution in [0.5, 0.6) is 5.75 Å². The third kappa shape index (κ3) is 4.26. The molecule has 0 fully saturated rings. The molecule has 7 heteroatoms. The molecule has 1 rings (SSSR count). The fourth-order valence-corrected chi connectivity index (χ4v) is 2.73. The van der Waals surface area contributed by atoms with E-state index in [1.165, 1.54) is 0 Å². The van der Waals surface area contributed by atoms with Gasteiger partial charge >= 0.3 is 0 Å². The zero-order valence-electron chi connectivity index (χ0n) is 9.33. The predicted octanol–water partition coefficient (Wildman–Crippen LogP) is 3.86. The van der Waals surface area contributed by atoms with Crippen LogP contribution in [0.2, 0.25) is 0 Å². The smallest absolute Gasteiger partial charge is 0.264 e. The molecule has 0 radical (unpaired) electrons. The van der Waals surface area contributed by atoms with Gasteiger partial charge in [-0.25, -0.2) is 12.8 Å². The van der Waals surface area contributed by atoms with Crippen molar-refractivity contribution in [3.63, 3.8) is 0 Å². The lowest BCUT2D eigenvalue weighted by Crippen LogP contribution is -2.01. The summed E-state index contributed by atoms with van der Waals surface area (Å²) in [7, 11) is 0.990. The van der Waals surface area contributed by atoms with Crippen LogP contribution in [-0.4, -0.2) is 15.0 Å². The fraction of sp³-hybridized carbons (Fsp3) is 0.273. The molecule has 0 saturated heterocycles. The van der Waals surface area contributed by atoms with Gasteiger partial charge in [0.2, 0.25) is 0 Å². The highest BCUT2D eigenvalue weighted by Crippen LogP contribution is 2.31. The van der Waals surface area contributed by atoms with Gasteiger partial charge in [0.1, 0.15) is 16.5 Å². The van der Waals surface area contributed by atoms with Crippen LogP contribution in [0.1, 0.15) is 12.8 Å². The second-order valence-electron chi connectivity index (χ2n) is 3.43. The van der Waals surface area contributed by atoms with Crippen LogP contribution >= 0.6 is 26.6 Å². The zero-order valence-corrected chi connectivity index (χ0v) is 12.5. The minimum absolute atomic E-state index is 0.237. The number of rotatable bonds is 6. The van der Waals surface area contributed by atoms with E-state index in [2.05, 4.69) is 22.5 Å². The van der Waals surface area contributed by atoms with Crippen molar-refractivity contribution in [2.24, 2.45) is 0 Å². The van der Waals surface area contributed by atoms with Gasteiger partial charge < -0.3 is 4.74 Å². The minimum Gasteiger partial charge on any atom is -0.492 e. The molecule has 18 heavy (non-hydrogen) atoms. The monoisotopic (exact) mass is 356 g/mol. The molecule has 0 spiro atoms. The first-order valence-electron chi connectivity index (χ1n) is 5.03. The number of benzene rings is 1. The number of allylic oxidation sites excluding steroid dienone is 1. The number of hydrogen-bond donors (Lipinski definition) is 0. The molecule has 0 amide bonds. The highest BCUT2D eigenvalue weighted by atomic mass is 79.9. The van der Waals surface area contributed by atoms with Crippen molar-refractivity contribution < 1.29 is 17.5 Å². The molecule has 0 bridgehead atoms. The molecule has 0 aromatic heterocycles. The molecule has 1 aromatic rings. The molecule has 1 aromatic carbocycles. The van der Waals surface area contributed by atoms with E-state index in [0.29, 0.717) is 11.1 Å². The van der Waals surface area contributed by atoms with E-state index in [-0.39, 0.29) is 5.75 Å². The van der Waals surface area contributed by atoms with Gasteiger partial charge in [0.25, 0.3) is 9.05 Å². The van der Waals surface area contributed by atoms with Gasteiger partial charge in [0, 0.05) is 16.7 Å². The lowest BCUT2D eigenvalue weighted by Gasteiger charge is -2.09. The molecule has 0 aliphatic heterocycles. The summed E-state index contributed by atoms with van der Waals surface area (Å²) >= 11 is 3.11. The van der Waals surface area contributed by atoms with Crippen LogP contribution in [0.4, 0.5) is 4.39 Å². The topological polar surface area (TPSA) is 43.4 Å². The molecule has 0 heterocycles. The van der Waals surface area contributed by atoms with Crippen molar-refractivity contribution in [2.45, 2.75) is 17.7 Å². The first kappa shape index (κ1) is 15.5.